The Balaban J connectivity index is 1.68. The highest BCUT2D eigenvalue weighted by molar-refractivity contribution is 7.89. The Labute approximate surface area is 178 Å². The quantitative estimate of drug-likeness (QED) is 0.688. The third-order valence-electron chi connectivity index (χ3n) is 4.99. The van der Waals surface area contributed by atoms with E-state index in [1.807, 2.05) is 30.3 Å². The predicted molar refractivity (Wildman–Crippen MR) is 115 cm³/mol. The summed E-state index contributed by atoms with van der Waals surface area (Å²) in [5.41, 5.74) is 0.332. The third-order valence-corrected chi connectivity index (χ3v) is 6.88. The van der Waals surface area contributed by atoms with Crippen molar-refractivity contribution in [3.63, 3.8) is 0 Å². The molecule has 1 amide bonds. The Bertz CT molecular complexity index is 939. The number of benzene rings is 2. The molecule has 0 atom stereocenters. The van der Waals surface area contributed by atoms with Crippen LogP contribution in [0.1, 0.15) is 32.1 Å². The Kier molecular flexibility index (Phi) is 7.70. The number of carbonyl (C=O) groups excluding carboxylic acids is 1. The highest BCUT2D eigenvalue weighted by Crippen LogP contribution is 2.30. The van der Waals surface area contributed by atoms with Crippen molar-refractivity contribution in [2.75, 3.05) is 32.1 Å². The lowest BCUT2D eigenvalue weighted by Gasteiger charge is -2.21. The Morgan fingerprint density at radius 3 is 2.40 bits per heavy atom. The number of sulfonamides is 1. The van der Waals surface area contributed by atoms with E-state index in [2.05, 4.69) is 5.32 Å². The first-order valence-corrected chi connectivity index (χ1v) is 11.6. The first-order chi connectivity index (χ1) is 14.5. The first-order valence-electron chi connectivity index (χ1n) is 10.2. The second-order valence-electron chi connectivity index (χ2n) is 7.14. The molecule has 0 spiro atoms. The van der Waals surface area contributed by atoms with Gasteiger partial charge in [0.25, 0.3) is 0 Å². The van der Waals surface area contributed by atoms with Gasteiger partial charge in [-0.3, -0.25) is 4.79 Å². The van der Waals surface area contributed by atoms with Gasteiger partial charge >= 0.3 is 0 Å². The lowest BCUT2D eigenvalue weighted by molar-refractivity contribution is -0.116. The number of amides is 1. The number of anilines is 1. The zero-order chi connectivity index (χ0) is 21.4. The number of hydrogen-bond acceptors (Lipinski definition) is 5. The number of carbonyl (C=O) groups is 1. The zero-order valence-corrected chi connectivity index (χ0v) is 18.0. The van der Waals surface area contributed by atoms with Crippen LogP contribution in [0.4, 0.5) is 5.69 Å². The van der Waals surface area contributed by atoms with Crippen LogP contribution in [0.15, 0.2) is 53.4 Å². The Hall–Kier alpha value is -2.58. The van der Waals surface area contributed by atoms with E-state index in [0.29, 0.717) is 30.3 Å². The van der Waals surface area contributed by atoms with Crippen LogP contribution in [0.3, 0.4) is 0 Å². The number of nitrogens with one attached hydrogen (secondary N) is 1. The summed E-state index contributed by atoms with van der Waals surface area (Å²) in [6.45, 7) is 1.25. The highest BCUT2D eigenvalue weighted by Gasteiger charge is 2.26. The van der Waals surface area contributed by atoms with Crippen LogP contribution >= 0.6 is 0 Å². The number of rotatable bonds is 8. The lowest BCUT2D eigenvalue weighted by Crippen LogP contribution is -2.32. The van der Waals surface area contributed by atoms with Gasteiger partial charge in [-0.05, 0) is 43.2 Å². The molecule has 1 aliphatic rings. The fraction of sp³-hybridized carbons (Fsp3) is 0.409. The molecule has 1 aliphatic heterocycles. The maximum absolute atomic E-state index is 13.1. The number of hydrogen-bond donors (Lipinski definition) is 1. The topological polar surface area (TPSA) is 84.9 Å². The highest BCUT2D eigenvalue weighted by atomic mass is 32.2. The number of ether oxygens (including phenoxy) is 2. The normalized spacial score (nSPS) is 15.2. The largest absolute Gasteiger partial charge is 0.495 e. The molecule has 2 aromatic rings. The van der Waals surface area contributed by atoms with Gasteiger partial charge in [0.15, 0.2) is 0 Å². The molecule has 0 radical (unpaired) electrons. The van der Waals surface area contributed by atoms with E-state index in [4.69, 9.17) is 9.47 Å². The van der Waals surface area contributed by atoms with Crippen LogP contribution in [0, 0.1) is 0 Å². The van der Waals surface area contributed by atoms with Crippen molar-refractivity contribution in [3.05, 3.63) is 48.5 Å². The minimum absolute atomic E-state index is 0.126. The van der Waals surface area contributed by atoms with Crippen molar-refractivity contribution in [3.8, 4) is 11.5 Å². The second kappa shape index (κ2) is 10.4. The van der Waals surface area contributed by atoms with Crippen LogP contribution in [-0.4, -0.2) is 45.4 Å². The average Bonchev–Trinajstić information content (AvgIpc) is 3.05. The third kappa shape index (κ3) is 5.73. The van der Waals surface area contributed by atoms with E-state index in [1.54, 1.807) is 6.07 Å². The molecular formula is C22H28N2O5S. The minimum atomic E-state index is -3.62. The fourth-order valence-corrected chi connectivity index (χ4v) is 4.91. The maximum atomic E-state index is 13.1. The number of para-hydroxylation sites is 1. The molecule has 2 aromatic carbocycles. The average molecular weight is 433 g/mol. The molecule has 7 nitrogen and oxygen atoms in total. The van der Waals surface area contributed by atoms with E-state index < -0.39 is 10.0 Å². The van der Waals surface area contributed by atoms with E-state index in [0.717, 1.165) is 25.7 Å². The summed E-state index contributed by atoms with van der Waals surface area (Å²) < 4.78 is 38.5. The second-order valence-corrected chi connectivity index (χ2v) is 9.08. The van der Waals surface area contributed by atoms with Gasteiger partial charge in [0.2, 0.25) is 15.9 Å². The van der Waals surface area contributed by atoms with E-state index >= 15 is 0 Å². The lowest BCUT2D eigenvalue weighted by atomic mass is 10.2. The van der Waals surface area contributed by atoms with Crippen molar-refractivity contribution in [1.82, 2.24) is 4.31 Å². The molecule has 0 saturated carbocycles. The molecule has 162 valence electrons. The van der Waals surface area contributed by atoms with Gasteiger partial charge in [0.05, 0.1) is 30.7 Å². The number of nitrogens with zero attached hydrogens (tertiary/aromatic N) is 1. The van der Waals surface area contributed by atoms with Gasteiger partial charge in [-0.25, -0.2) is 8.42 Å². The molecule has 1 N–H and O–H groups in total. The molecule has 3 rings (SSSR count). The van der Waals surface area contributed by atoms with Gasteiger partial charge in [-0.1, -0.05) is 31.0 Å². The van der Waals surface area contributed by atoms with Gasteiger partial charge in [-0.2, -0.15) is 4.31 Å². The molecule has 1 saturated heterocycles. The van der Waals surface area contributed by atoms with Crippen LogP contribution in [-0.2, 0) is 14.8 Å². The molecule has 0 aromatic heterocycles. The summed E-state index contributed by atoms with van der Waals surface area (Å²) in [5, 5.41) is 2.75. The van der Waals surface area contributed by atoms with E-state index in [-0.39, 0.29) is 23.8 Å². The molecule has 30 heavy (non-hydrogen) atoms. The molecule has 1 fully saturated rings. The zero-order valence-electron chi connectivity index (χ0n) is 17.2. The van der Waals surface area contributed by atoms with Crippen molar-refractivity contribution in [2.24, 2.45) is 0 Å². The van der Waals surface area contributed by atoms with Gasteiger partial charge in [0, 0.05) is 13.1 Å². The first kappa shape index (κ1) is 22.1. The smallest absolute Gasteiger partial charge is 0.243 e. The van der Waals surface area contributed by atoms with Crippen LogP contribution in [0.2, 0.25) is 0 Å². The van der Waals surface area contributed by atoms with Gasteiger partial charge < -0.3 is 14.8 Å². The maximum Gasteiger partial charge on any atom is 0.243 e. The van der Waals surface area contributed by atoms with Gasteiger partial charge in [0.1, 0.15) is 11.5 Å². The minimum Gasteiger partial charge on any atom is -0.495 e. The summed E-state index contributed by atoms with van der Waals surface area (Å²) >= 11 is 0. The van der Waals surface area contributed by atoms with Gasteiger partial charge in [-0.15, -0.1) is 0 Å². The molecule has 8 heteroatoms. The van der Waals surface area contributed by atoms with Crippen molar-refractivity contribution < 1.29 is 22.7 Å². The fourth-order valence-electron chi connectivity index (χ4n) is 3.37. The summed E-state index contributed by atoms with van der Waals surface area (Å²) in [6.07, 6.45) is 3.93. The standard InChI is InChI=1S/C22H28N2O5S/c1-28-21-12-11-19(30(26,27)24-14-7-2-3-8-15-24)17-20(21)23-22(25)13-16-29-18-9-5-4-6-10-18/h4-6,9-12,17H,2-3,7-8,13-16H2,1H3,(H,23,25). The summed E-state index contributed by atoms with van der Waals surface area (Å²) in [4.78, 5) is 12.5. The molecular weight excluding hydrogens is 404 g/mol. The number of methoxy groups -OCH3 is 1. The summed E-state index contributed by atoms with van der Waals surface area (Å²) in [6, 6.07) is 13.8. The SMILES string of the molecule is COc1ccc(S(=O)(=O)N2CCCCCC2)cc1NC(=O)CCOc1ccccc1. The van der Waals surface area contributed by atoms with Crippen LogP contribution in [0.25, 0.3) is 0 Å². The summed E-state index contributed by atoms with van der Waals surface area (Å²) in [7, 11) is -2.14. The van der Waals surface area contributed by atoms with E-state index in [1.165, 1.54) is 23.5 Å². The van der Waals surface area contributed by atoms with Crippen molar-refractivity contribution in [2.45, 2.75) is 37.0 Å². The summed E-state index contributed by atoms with van der Waals surface area (Å²) in [5.74, 6) is 0.809. The Morgan fingerprint density at radius 1 is 1.03 bits per heavy atom. The van der Waals surface area contributed by atoms with Crippen molar-refractivity contribution in [1.29, 1.82) is 0 Å². The molecule has 0 bridgehead atoms. The molecule has 1 heterocycles. The van der Waals surface area contributed by atoms with Crippen LogP contribution < -0.4 is 14.8 Å². The monoisotopic (exact) mass is 432 g/mol. The van der Waals surface area contributed by atoms with E-state index in [9.17, 15) is 13.2 Å². The van der Waals surface area contributed by atoms with Crippen molar-refractivity contribution >= 4 is 21.6 Å². The molecule has 0 aliphatic carbocycles. The Morgan fingerprint density at radius 2 is 1.73 bits per heavy atom. The predicted octanol–water partition coefficient (Wildman–Crippen LogP) is 3.67. The molecule has 0 unspecified atom stereocenters. The van der Waals surface area contributed by atoms with Crippen LogP contribution in [0.5, 0.6) is 11.5 Å².